The molecule has 12 rings (SSSR count). The molecular weight excluding hydrogens is 669 g/mol. The number of aromatic nitrogens is 3. The number of fused-ring (bicyclic) bond motifs is 6. The highest BCUT2D eigenvalue weighted by Crippen LogP contribution is 2.50. The number of rotatable bonds is 3. The molecule has 55 heavy (non-hydrogen) atoms. The Balaban J connectivity index is 1.20. The molecule has 0 aliphatic heterocycles. The van der Waals surface area contributed by atoms with Gasteiger partial charge in [0, 0.05) is 27.7 Å². The van der Waals surface area contributed by atoms with E-state index >= 15 is 0 Å². The lowest BCUT2D eigenvalue weighted by Crippen LogP contribution is -1.98. The zero-order chi connectivity index (χ0) is 36.2. The van der Waals surface area contributed by atoms with E-state index in [0.29, 0.717) is 5.69 Å². The molecule has 0 amide bonds. The number of hydrogen-bond acceptors (Lipinski definition) is 2. The van der Waals surface area contributed by atoms with Crippen LogP contribution in [0.4, 0.5) is 5.69 Å². The summed E-state index contributed by atoms with van der Waals surface area (Å²) in [4.78, 5) is 14.0. The summed E-state index contributed by atoms with van der Waals surface area (Å²) < 4.78 is 2.27. The van der Waals surface area contributed by atoms with Gasteiger partial charge in [0.25, 0.3) is 0 Å². The van der Waals surface area contributed by atoms with Gasteiger partial charge in [-0.05, 0) is 95.7 Å². The largest absolute Gasteiger partial charge is 0.294 e. The van der Waals surface area contributed by atoms with Gasteiger partial charge >= 0.3 is 0 Å². The molecular formula is C51H28N4. The summed E-state index contributed by atoms with van der Waals surface area (Å²) in [5.41, 5.74) is 9.36. The van der Waals surface area contributed by atoms with Crippen molar-refractivity contribution in [2.24, 2.45) is 0 Å². The van der Waals surface area contributed by atoms with E-state index in [-0.39, 0.29) is 0 Å². The average Bonchev–Trinajstić information content (AvgIpc) is 3.59. The van der Waals surface area contributed by atoms with Gasteiger partial charge in [0.15, 0.2) is 5.69 Å². The molecule has 0 fully saturated rings. The van der Waals surface area contributed by atoms with E-state index < -0.39 is 0 Å². The average molecular weight is 697 g/mol. The van der Waals surface area contributed by atoms with Crippen LogP contribution in [0.15, 0.2) is 170 Å². The molecule has 3 heterocycles. The van der Waals surface area contributed by atoms with Crippen LogP contribution in [-0.4, -0.2) is 14.5 Å². The number of benzene rings is 9. The minimum atomic E-state index is 0.649. The third-order valence-corrected chi connectivity index (χ3v) is 11.6. The zero-order valence-corrected chi connectivity index (χ0v) is 29.5. The van der Waals surface area contributed by atoms with E-state index in [1.165, 1.54) is 54.6 Å². The van der Waals surface area contributed by atoms with Crippen molar-refractivity contribution >= 4 is 92.4 Å². The predicted octanol–water partition coefficient (Wildman–Crippen LogP) is 13.8. The van der Waals surface area contributed by atoms with Crippen molar-refractivity contribution in [3.8, 4) is 28.1 Å². The smallest absolute Gasteiger partial charge is 0.195 e. The molecule has 0 unspecified atom stereocenters. The van der Waals surface area contributed by atoms with E-state index in [0.717, 1.165) is 60.2 Å². The van der Waals surface area contributed by atoms with Crippen molar-refractivity contribution in [1.29, 1.82) is 0 Å². The second kappa shape index (κ2) is 11.2. The maximum absolute atomic E-state index is 8.09. The topological polar surface area (TPSA) is 35.1 Å². The molecule has 252 valence electrons. The molecule has 0 bridgehead atoms. The van der Waals surface area contributed by atoms with Gasteiger partial charge in [0.1, 0.15) is 5.82 Å². The molecule has 4 heteroatoms. The highest BCUT2D eigenvalue weighted by atomic mass is 15.1. The van der Waals surface area contributed by atoms with Gasteiger partial charge < -0.3 is 0 Å². The monoisotopic (exact) mass is 696 g/mol. The van der Waals surface area contributed by atoms with E-state index in [1.54, 1.807) is 0 Å². The van der Waals surface area contributed by atoms with E-state index in [4.69, 9.17) is 16.5 Å². The first-order chi connectivity index (χ1) is 27.3. The molecule has 0 aliphatic rings. The second-order valence-electron chi connectivity index (χ2n) is 14.3. The van der Waals surface area contributed by atoms with Crippen LogP contribution in [0.2, 0.25) is 0 Å². The highest BCUT2D eigenvalue weighted by Gasteiger charge is 2.24. The molecule has 0 saturated carbocycles. The maximum Gasteiger partial charge on any atom is 0.195 e. The van der Waals surface area contributed by atoms with Gasteiger partial charge in [-0.1, -0.05) is 133 Å². The lowest BCUT2D eigenvalue weighted by molar-refractivity contribution is 1.10. The molecule has 9 aromatic carbocycles. The first-order valence-corrected chi connectivity index (χ1v) is 18.5. The van der Waals surface area contributed by atoms with Gasteiger partial charge in [0.2, 0.25) is 0 Å². The molecule has 3 aromatic heterocycles. The Morgan fingerprint density at radius 1 is 0.418 bits per heavy atom. The van der Waals surface area contributed by atoms with Gasteiger partial charge in [-0.2, -0.15) is 0 Å². The molecule has 0 atom stereocenters. The number of pyridine rings is 2. The fourth-order valence-electron chi connectivity index (χ4n) is 9.29. The Morgan fingerprint density at radius 2 is 0.982 bits per heavy atom. The summed E-state index contributed by atoms with van der Waals surface area (Å²) >= 11 is 0. The first kappa shape index (κ1) is 29.9. The normalized spacial score (nSPS) is 12.0. The van der Waals surface area contributed by atoms with Crippen molar-refractivity contribution < 1.29 is 0 Å². The standard InChI is InChI=1S/C51H28N4/c1-52-42-25-27-44-49-41(42)23-22-40-39(24-26-43(48(40)49)55(44)45-28-21-32-20-19-31-12-9-29-53-50(31)51(32)54-45)47-37-16-6-4-14-35(37)46(36-15-5-7-17-38(36)47)34-18-8-11-30-10-2-3-13-33(30)34/h2-29H. The van der Waals surface area contributed by atoms with Crippen molar-refractivity contribution in [2.45, 2.75) is 0 Å². The molecule has 4 nitrogen and oxygen atoms in total. The Bertz CT molecular complexity index is 3560. The second-order valence-corrected chi connectivity index (χ2v) is 14.3. The third-order valence-electron chi connectivity index (χ3n) is 11.6. The van der Waals surface area contributed by atoms with E-state index in [1.807, 2.05) is 18.3 Å². The first-order valence-electron chi connectivity index (χ1n) is 18.5. The van der Waals surface area contributed by atoms with Crippen LogP contribution in [0.5, 0.6) is 0 Å². The summed E-state index contributed by atoms with van der Waals surface area (Å²) in [7, 11) is 0. The third kappa shape index (κ3) is 4.10. The van der Waals surface area contributed by atoms with Gasteiger partial charge in [0.05, 0.1) is 28.6 Å². The summed E-state index contributed by atoms with van der Waals surface area (Å²) in [6, 6.07) is 58.5. The Morgan fingerprint density at radius 3 is 1.71 bits per heavy atom. The van der Waals surface area contributed by atoms with Crippen LogP contribution in [-0.2, 0) is 0 Å². The minimum Gasteiger partial charge on any atom is -0.294 e. The van der Waals surface area contributed by atoms with Gasteiger partial charge in [-0.25, -0.2) is 9.83 Å². The number of nitrogens with zero attached hydrogens (tertiary/aromatic N) is 4. The molecule has 0 spiro atoms. The Kier molecular flexibility index (Phi) is 6.09. The molecule has 0 aliphatic carbocycles. The van der Waals surface area contributed by atoms with Crippen molar-refractivity contribution in [3.63, 3.8) is 0 Å². The summed E-state index contributed by atoms with van der Waals surface area (Å²) in [6.45, 7) is 8.09. The lowest BCUT2D eigenvalue weighted by atomic mass is 9.83. The quantitative estimate of drug-likeness (QED) is 0.105. The zero-order valence-electron chi connectivity index (χ0n) is 29.5. The van der Waals surface area contributed by atoms with Crippen LogP contribution in [0, 0.1) is 6.57 Å². The molecule has 0 saturated heterocycles. The van der Waals surface area contributed by atoms with Crippen molar-refractivity contribution in [2.75, 3.05) is 0 Å². The van der Waals surface area contributed by atoms with Crippen molar-refractivity contribution in [3.05, 3.63) is 181 Å². The molecule has 0 radical (unpaired) electrons. The van der Waals surface area contributed by atoms with E-state index in [9.17, 15) is 0 Å². The van der Waals surface area contributed by atoms with Crippen molar-refractivity contribution in [1.82, 2.24) is 14.5 Å². The fourth-order valence-corrected chi connectivity index (χ4v) is 9.29. The SMILES string of the molecule is [C-]#[N+]c1ccc2c3c1ccc1c(-c4c5ccccc5c(-c5cccc6ccccc56)c5ccccc45)ccc(c13)n2-c1ccc2ccc3cccnc3c2n1. The summed E-state index contributed by atoms with van der Waals surface area (Å²) in [5, 5.41) is 13.8. The maximum atomic E-state index is 8.09. The summed E-state index contributed by atoms with van der Waals surface area (Å²) in [6.07, 6.45) is 1.83. The highest BCUT2D eigenvalue weighted by molar-refractivity contribution is 6.31. The molecule has 0 N–H and O–H groups in total. The predicted molar refractivity (Wildman–Crippen MR) is 230 cm³/mol. The Labute approximate surface area is 315 Å². The lowest BCUT2D eigenvalue weighted by Gasteiger charge is -2.20. The fraction of sp³-hybridized carbons (Fsp3) is 0. The minimum absolute atomic E-state index is 0.649. The van der Waals surface area contributed by atoms with Crippen LogP contribution < -0.4 is 0 Å². The molecule has 12 aromatic rings. The van der Waals surface area contributed by atoms with Gasteiger partial charge in [-0.3, -0.25) is 9.55 Å². The van der Waals surface area contributed by atoms with Crippen LogP contribution in [0.1, 0.15) is 0 Å². The summed E-state index contributed by atoms with van der Waals surface area (Å²) in [5.74, 6) is 0.822. The number of hydrogen-bond donors (Lipinski definition) is 0. The Hall–Kier alpha value is -7.61. The van der Waals surface area contributed by atoms with Crippen LogP contribution in [0.25, 0.3) is 120 Å². The van der Waals surface area contributed by atoms with Crippen LogP contribution >= 0.6 is 0 Å². The van der Waals surface area contributed by atoms with Crippen LogP contribution in [0.3, 0.4) is 0 Å². The van der Waals surface area contributed by atoms with Gasteiger partial charge in [-0.15, -0.1) is 0 Å². The van der Waals surface area contributed by atoms with E-state index in [2.05, 4.69) is 161 Å².